The molecule has 1 aromatic heterocycles. The number of hydrogen-bond donors (Lipinski definition) is 1. The smallest absolute Gasteiger partial charge is 0.0519 e. The molecule has 2 nitrogen and oxygen atoms in total. The fourth-order valence-electron chi connectivity index (χ4n) is 1.39. The Morgan fingerprint density at radius 2 is 2.29 bits per heavy atom. The van der Waals surface area contributed by atoms with Gasteiger partial charge in [0.2, 0.25) is 0 Å². The zero-order chi connectivity index (χ0) is 10.6. The van der Waals surface area contributed by atoms with Crippen LogP contribution in [0.2, 0.25) is 0 Å². The second-order valence-corrected chi connectivity index (χ2v) is 4.80. The van der Waals surface area contributed by atoms with Crippen LogP contribution in [0.3, 0.4) is 0 Å². The standard InChI is InChI=1S/C11H20N2S/c1-4-9(2)13(3)8-10(12)11-6-5-7-14-11/h5-7,9-10H,4,8,12H2,1-3H3. The van der Waals surface area contributed by atoms with Gasteiger partial charge in [0.05, 0.1) is 6.04 Å². The summed E-state index contributed by atoms with van der Waals surface area (Å²) in [5.41, 5.74) is 6.10. The Hall–Kier alpha value is -0.380. The van der Waals surface area contributed by atoms with Crippen molar-refractivity contribution in [3.63, 3.8) is 0 Å². The second-order valence-electron chi connectivity index (χ2n) is 3.82. The van der Waals surface area contributed by atoms with Crippen molar-refractivity contribution < 1.29 is 0 Å². The number of hydrogen-bond acceptors (Lipinski definition) is 3. The van der Waals surface area contributed by atoms with Gasteiger partial charge in [0, 0.05) is 17.5 Å². The van der Waals surface area contributed by atoms with E-state index in [1.54, 1.807) is 11.3 Å². The third-order valence-corrected chi connectivity index (χ3v) is 3.74. The molecule has 0 aliphatic rings. The molecule has 1 aromatic rings. The average molecular weight is 212 g/mol. The maximum Gasteiger partial charge on any atom is 0.0519 e. The monoisotopic (exact) mass is 212 g/mol. The molecule has 2 unspecified atom stereocenters. The summed E-state index contributed by atoms with van der Waals surface area (Å²) < 4.78 is 0. The van der Waals surface area contributed by atoms with E-state index in [2.05, 4.69) is 43.3 Å². The highest BCUT2D eigenvalue weighted by Gasteiger charge is 2.13. The molecule has 0 amide bonds. The molecular formula is C11H20N2S. The first kappa shape index (κ1) is 11.7. The summed E-state index contributed by atoms with van der Waals surface area (Å²) in [5.74, 6) is 0. The number of likely N-dealkylation sites (N-methyl/N-ethyl adjacent to an activating group) is 1. The van der Waals surface area contributed by atoms with E-state index in [1.165, 1.54) is 11.3 Å². The minimum atomic E-state index is 0.161. The molecule has 3 heteroatoms. The molecule has 2 N–H and O–H groups in total. The summed E-state index contributed by atoms with van der Waals surface area (Å²) >= 11 is 1.74. The molecule has 0 saturated heterocycles. The molecular weight excluding hydrogens is 192 g/mol. The highest BCUT2D eigenvalue weighted by atomic mass is 32.1. The Morgan fingerprint density at radius 1 is 1.57 bits per heavy atom. The number of nitrogens with zero attached hydrogens (tertiary/aromatic N) is 1. The molecule has 0 aromatic carbocycles. The van der Waals surface area contributed by atoms with E-state index in [9.17, 15) is 0 Å². The lowest BCUT2D eigenvalue weighted by atomic mass is 10.2. The molecule has 1 heterocycles. The van der Waals surface area contributed by atoms with E-state index >= 15 is 0 Å². The largest absolute Gasteiger partial charge is 0.322 e. The van der Waals surface area contributed by atoms with Crippen molar-refractivity contribution in [2.75, 3.05) is 13.6 Å². The van der Waals surface area contributed by atoms with Gasteiger partial charge in [0.1, 0.15) is 0 Å². The van der Waals surface area contributed by atoms with E-state index in [0.717, 1.165) is 6.54 Å². The van der Waals surface area contributed by atoms with Crippen molar-refractivity contribution in [3.8, 4) is 0 Å². The summed E-state index contributed by atoms with van der Waals surface area (Å²) in [6.07, 6.45) is 1.17. The first-order valence-corrected chi connectivity index (χ1v) is 6.02. The van der Waals surface area contributed by atoms with Gasteiger partial charge in [-0.3, -0.25) is 0 Å². The van der Waals surface area contributed by atoms with Crippen LogP contribution in [0.4, 0.5) is 0 Å². The second kappa shape index (κ2) is 5.49. The lowest BCUT2D eigenvalue weighted by molar-refractivity contribution is 0.238. The van der Waals surface area contributed by atoms with Gasteiger partial charge in [-0.1, -0.05) is 13.0 Å². The molecule has 0 fully saturated rings. The van der Waals surface area contributed by atoms with Crippen molar-refractivity contribution in [1.82, 2.24) is 4.90 Å². The Labute approximate surface area is 90.7 Å². The summed E-state index contributed by atoms with van der Waals surface area (Å²) in [6, 6.07) is 4.94. The van der Waals surface area contributed by atoms with Crippen molar-refractivity contribution in [2.45, 2.75) is 32.4 Å². The Balaban J connectivity index is 2.44. The van der Waals surface area contributed by atoms with E-state index in [1.807, 2.05) is 0 Å². The third-order valence-electron chi connectivity index (χ3n) is 2.74. The topological polar surface area (TPSA) is 29.3 Å². The van der Waals surface area contributed by atoms with Crippen LogP contribution < -0.4 is 5.73 Å². The quantitative estimate of drug-likeness (QED) is 0.812. The lowest BCUT2D eigenvalue weighted by Crippen LogP contribution is -2.34. The van der Waals surface area contributed by atoms with Crippen LogP contribution in [0.1, 0.15) is 31.2 Å². The zero-order valence-electron chi connectivity index (χ0n) is 9.23. The summed E-state index contributed by atoms with van der Waals surface area (Å²) in [4.78, 5) is 3.60. The number of nitrogens with two attached hydrogens (primary N) is 1. The van der Waals surface area contributed by atoms with Gasteiger partial charge in [-0.25, -0.2) is 0 Å². The molecule has 0 aliphatic heterocycles. The van der Waals surface area contributed by atoms with Crippen molar-refractivity contribution in [1.29, 1.82) is 0 Å². The van der Waals surface area contributed by atoms with Gasteiger partial charge >= 0.3 is 0 Å². The average Bonchev–Trinajstić information content (AvgIpc) is 2.69. The van der Waals surface area contributed by atoms with Crippen molar-refractivity contribution in [2.24, 2.45) is 5.73 Å². The molecule has 0 radical (unpaired) electrons. The van der Waals surface area contributed by atoms with Crippen molar-refractivity contribution >= 4 is 11.3 Å². The molecule has 80 valence electrons. The molecule has 0 spiro atoms. The van der Waals surface area contributed by atoms with Crippen LogP contribution in [0, 0.1) is 0 Å². The summed E-state index contributed by atoms with van der Waals surface area (Å²) in [6.45, 7) is 5.38. The molecule has 2 atom stereocenters. The maximum absolute atomic E-state index is 6.10. The molecule has 0 saturated carbocycles. The predicted octanol–water partition coefficient (Wildman–Crippen LogP) is 2.48. The van der Waals surface area contributed by atoms with Crippen LogP contribution >= 0.6 is 11.3 Å². The van der Waals surface area contributed by atoms with Crippen LogP contribution in [0.15, 0.2) is 17.5 Å². The van der Waals surface area contributed by atoms with E-state index < -0.39 is 0 Å². The van der Waals surface area contributed by atoms with Crippen LogP contribution in [0.5, 0.6) is 0 Å². The van der Waals surface area contributed by atoms with E-state index in [4.69, 9.17) is 5.73 Å². The molecule has 1 rings (SSSR count). The van der Waals surface area contributed by atoms with E-state index in [0.29, 0.717) is 6.04 Å². The molecule has 14 heavy (non-hydrogen) atoms. The maximum atomic E-state index is 6.10. The predicted molar refractivity (Wildman–Crippen MR) is 63.6 cm³/mol. The van der Waals surface area contributed by atoms with Crippen LogP contribution in [-0.2, 0) is 0 Å². The number of rotatable bonds is 5. The number of thiophene rings is 1. The lowest BCUT2D eigenvalue weighted by Gasteiger charge is -2.26. The van der Waals surface area contributed by atoms with Gasteiger partial charge in [-0.15, -0.1) is 11.3 Å². The normalized spacial score (nSPS) is 15.8. The third kappa shape index (κ3) is 3.08. The minimum absolute atomic E-state index is 0.161. The fourth-order valence-corrected chi connectivity index (χ4v) is 2.11. The first-order chi connectivity index (χ1) is 6.65. The zero-order valence-corrected chi connectivity index (χ0v) is 10.1. The summed E-state index contributed by atoms with van der Waals surface area (Å²) in [5, 5.41) is 2.08. The molecule has 0 aliphatic carbocycles. The van der Waals surface area contributed by atoms with Gasteiger partial charge in [-0.2, -0.15) is 0 Å². The van der Waals surface area contributed by atoms with Gasteiger partial charge < -0.3 is 10.6 Å². The minimum Gasteiger partial charge on any atom is -0.322 e. The Morgan fingerprint density at radius 3 is 2.79 bits per heavy atom. The van der Waals surface area contributed by atoms with E-state index in [-0.39, 0.29) is 6.04 Å². The van der Waals surface area contributed by atoms with Crippen LogP contribution in [-0.4, -0.2) is 24.5 Å². The highest BCUT2D eigenvalue weighted by Crippen LogP contribution is 2.18. The summed E-state index contributed by atoms with van der Waals surface area (Å²) in [7, 11) is 2.14. The van der Waals surface area contributed by atoms with Gasteiger partial charge in [0.25, 0.3) is 0 Å². The fraction of sp³-hybridized carbons (Fsp3) is 0.636. The Bertz CT molecular complexity index is 246. The van der Waals surface area contributed by atoms with Gasteiger partial charge in [-0.05, 0) is 31.8 Å². The molecule has 0 bridgehead atoms. The van der Waals surface area contributed by atoms with Crippen LogP contribution in [0.25, 0.3) is 0 Å². The first-order valence-electron chi connectivity index (χ1n) is 5.14. The Kier molecular flexibility index (Phi) is 4.58. The highest BCUT2D eigenvalue weighted by molar-refractivity contribution is 7.10. The van der Waals surface area contributed by atoms with Crippen molar-refractivity contribution in [3.05, 3.63) is 22.4 Å². The SMILES string of the molecule is CCC(C)N(C)CC(N)c1cccs1. The van der Waals surface area contributed by atoms with Gasteiger partial charge in [0.15, 0.2) is 0 Å².